The van der Waals surface area contributed by atoms with Gasteiger partial charge < -0.3 is 10.2 Å². The molecule has 1 amide bonds. The number of halogens is 1. The molecule has 0 spiro atoms. The van der Waals surface area contributed by atoms with Gasteiger partial charge in [0.05, 0.1) is 0 Å². The van der Waals surface area contributed by atoms with Crippen LogP contribution in [0.15, 0.2) is 24.3 Å². The molecule has 2 heterocycles. The number of hydrogen-bond donors (Lipinski definition) is 1. The van der Waals surface area contributed by atoms with E-state index in [0.29, 0.717) is 16.7 Å². The van der Waals surface area contributed by atoms with Gasteiger partial charge in [0, 0.05) is 29.5 Å². The molecule has 24 heavy (non-hydrogen) atoms. The molecular formula is C18H21ClN4O. The van der Waals surface area contributed by atoms with Crippen molar-refractivity contribution in [3.63, 3.8) is 0 Å². The van der Waals surface area contributed by atoms with Crippen LogP contribution in [0.3, 0.4) is 0 Å². The molecule has 0 radical (unpaired) electrons. The van der Waals surface area contributed by atoms with E-state index in [1.807, 2.05) is 36.9 Å². The first-order chi connectivity index (χ1) is 11.5. The third-order valence-electron chi connectivity index (χ3n) is 4.15. The Morgan fingerprint density at radius 1 is 1.12 bits per heavy atom. The number of carbonyl (C=O) groups is 1. The quantitative estimate of drug-likeness (QED) is 0.910. The predicted octanol–water partition coefficient (Wildman–Crippen LogP) is 4.12. The molecule has 1 aromatic carbocycles. The second-order valence-corrected chi connectivity index (χ2v) is 6.59. The Kier molecular flexibility index (Phi) is 5.00. The van der Waals surface area contributed by atoms with Gasteiger partial charge in [0.2, 0.25) is 5.95 Å². The van der Waals surface area contributed by atoms with Crippen LogP contribution in [0.5, 0.6) is 0 Å². The molecule has 6 heteroatoms. The maximum atomic E-state index is 12.7. The van der Waals surface area contributed by atoms with Crippen molar-refractivity contribution < 1.29 is 4.79 Å². The molecule has 1 aliphatic rings. The van der Waals surface area contributed by atoms with Crippen LogP contribution in [0.1, 0.15) is 41.0 Å². The van der Waals surface area contributed by atoms with Crippen LogP contribution in [-0.4, -0.2) is 33.9 Å². The summed E-state index contributed by atoms with van der Waals surface area (Å²) in [5.74, 6) is 0.414. The van der Waals surface area contributed by atoms with E-state index in [9.17, 15) is 4.79 Å². The highest BCUT2D eigenvalue weighted by Gasteiger charge is 2.20. The van der Waals surface area contributed by atoms with Crippen molar-refractivity contribution >= 4 is 29.1 Å². The minimum atomic E-state index is -0.0175. The van der Waals surface area contributed by atoms with Crippen LogP contribution < -0.4 is 5.32 Å². The van der Waals surface area contributed by atoms with Crippen molar-refractivity contribution in [3.8, 4) is 0 Å². The Balaban J connectivity index is 1.84. The molecule has 0 atom stereocenters. The van der Waals surface area contributed by atoms with Crippen molar-refractivity contribution in [2.75, 3.05) is 18.4 Å². The van der Waals surface area contributed by atoms with E-state index in [4.69, 9.17) is 11.6 Å². The monoisotopic (exact) mass is 344 g/mol. The van der Waals surface area contributed by atoms with Crippen LogP contribution in [0.2, 0.25) is 5.02 Å². The highest BCUT2D eigenvalue weighted by Crippen LogP contribution is 2.22. The number of carbonyl (C=O) groups excluding carboxylic acids is 1. The average Bonchev–Trinajstić information content (AvgIpc) is 2.57. The van der Waals surface area contributed by atoms with Gasteiger partial charge in [-0.3, -0.25) is 4.79 Å². The lowest BCUT2D eigenvalue weighted by Gasteiger charge is -2.26. The van der Waals surface area contributed by atoms with Crippen molar-refractivity contribution in [1.29, 1.82) is 0 Å². The van der Waals surface area contributed by atoms with E-state index in [0.717, 1.165) is 42.9 Å². The lowest BCUT2D eigenvalue weighted by Crippen LogP contribution is -2.36. The molecule has 2 aromatic rings. The number of rotatable bonds is 3. The zero-order valence-electron chi connectivity index (χ0n) is 14.0. The van der Waals surface area contributed by atoms with Gasteiger partial charge in [-0.1, -0.05) is 11.6 Å². The molecule has 0 unspecified atom stereocenters. The van der Waals surface area contributed by atoms with E-state index in [1.54, 1.807) is 6.07 Å². The summed E-state index contributed by atoms with van der Waals surface area (Å²) in [6.07, 6.45) is 3.31. The predicted molar refractivity (Wildman–Crippen MR) is 96.0 cm³/mol. The number of nitrogens with zero attached hydrogens (tertiary/aromatic N) is 3. The Bertz CT molecular complexity index is 757. The number of nitrogens with one attached hydrogen (secondary N) is 1. The average molecular weight is 345 g/mol. The normalized spacial score (nSPS) is 14.5. The molecule has 5 nitrogen and oxygen atoms in total. The SMILES string of the molecule is Cc1cc(C(=O)N2CCCCC2)nc(Nc2ccc(Cl)cc2C)n1. The molecule has 1 N–H and O–H groups in total. The number of aromatic nitrogens is 2. The maximum absolute atomic E-state index is 12.7. The Morgan fingerprint density at radius 3 is 2.58 bits per heavy atom. The maximum Gasteiger partial charge on any atom is 0.272 e. The molecule has 1 aromatic heterocycles. The first kappa shape index (κ1) is 16.7. The fraction of sp³-hybridized carbons (Fsp3) is 0.389. The van der Waals surface area contributed by atoms with Gasteiger partial charge in [-0.25, -0.2) is 9.97 Å². The smallest absolute Gasteiger partial charge is 0.272 e. The van der Waals surface area contributed by atoms with E-state index >= 15 is 0 Å². The summed E-state index contributed by atoms with van der Waals surface area (Å²) in [6, 6.07) is 7.32. The number of piperidine rings is 1. The van der Waals surface area contributed by atoms with Crippen molar-refractivity contribution in [2.45, 2.75) is 33.1 Å². The fourth-order valence-corrected chi connectivity index (χ4v) is 3.11. The van der Waals surface area contributed by atoms with E-state index in [-0.39, 0.29) is 5.91 Å². The highest BCUT2D eigenvalue weighted by atomic mass is 35.5. The Hall–Kier alpha value is -2.14. The molecule has 126 valence electrons. The number of aryl methyl sites for hydroxylation is 2. The summed E-state index contributed by atoms with van der Waals surface area (Å²) in [5, 5.41) is 3.87. The second kappa shape index (κ2) is 7.18. The van der Waals surface area contributed by atoms with E-state index in [2.05, 4.69) is 15.3 Å². The molecule has 1 fully saturated rings. The number of amides is 1. The Morgan fingerprint density at radius 2 is 1.88 bits per heavy atom. The summed E-state index contributed by atoms with van der Waals surface area (Å²) >= 11 is 5.99. The number of likely N-dealkylation sites (tertiary alicyclic amines) is 1. The summed E-state index contributed by atoms with van der Waals surface area (Å²) in [4.78, 5) is 23.4. The third kappa shape index (κ3) is 3.85. The van der Waals surface area contributed by atoms with E-state index < -0.39 is 0 Å². The molecule has 0 aliphatic carbocycles. The van der Waals surface area contributed by atoms with Gasteiger partial charge in [0.25, 0.3) is 5.91 Å². The molecule has 1 saturated heterocycles. The minimum absolute atomic E-state index is 0.0175. The summed E-state index contributed by atoms with van der Waals surface area (Å²) < 4.78 is 0. The zero-order chi connectivity index (χ0) is 17.1. The summed E-state index contributed by atoms with van der Waals surface area (Å²) in [7, 11) is 0. The van der Waals surface area contributed by atoms with Crippen LogP contribution in [-0.2, 0) is 0 Å². The first-order valence-electron chi connectivity index (χ1n) is 8.21. The van der Waals surface area contributed by atoms with Gasteiger partial charge >= 0.3 is 0 Å². The zero-order valence-corrected chi connectivity index (χ0v) is 14.7. The lowest BCUT2D eigenvalue weighted by atomic mass is 10.1. The molecule has 0 bridgehead atoms. The summed E-state index contributed by atoms with van der Waals surface area (Å²) in [5.41, 5.74) is 3.08. The van der Waals surface area contributed by atoms with Crippen LogP contribution >= 0.6 is 11.6 Å². The largest absolute Gasteiger partial charge is 0.337 e. The second-order valence-electron chi connectivity index (χ2n) is 6.16. The van der Waals surface area contributed by atoms with Gasteiger partial charge in [-0.2, -0.15) is 0 Å². The minimum Gasteiger partial charge on any atom is -0.337 e. The number of hydrogen-bond acceptors (Lipinski definition) is 4. The van der Waals surface area contributed by atoms with Gasteiger partial charge in [0.15, 0.2) is 0 Å². The van der Waals surface area contributed by atoms with Crippen LogP contribution in [0.4, 0.5) is 11.6 Å². The van der Waals surface area contributed by atoms with Crippen LogP contribution in [0.25, 0.3) is 0 Å². The molecule has 0 saturated carbocycles. The van der Waals surface area contributed by atoms with E-state index in [1.165, 1.54) is 6.42 Å². The number of anilines is 2. The lowest BCUT2D eigenvalue weighted by molar-refractivity contribution is 0.0718. The van der Waals surface area contributed by atoms with Gasteiger partial charge in [-0.05, 0) is 62.9 Å². The van der Waals surface area contributed by atoms with Crippen molar-refractivity contribution in [3.05, 3.63) is 46.2 Å². The molecule has 1 aliphatic heterocycles. The molecule has 3 rings (SSSR count). The first-order valence-corrected chi connectivity index (χ1v) is 8.59. The fourth-order valence-electron chi connectivity index (χ4n) is 2.88. The summed E-state index contributed by atoms with van der Waals surface area (Å²) in [6.45, 7) is 5.44. The topological polar surface area (TPSA) is 58.1 Å². The molecular weight excluding hydrogens is 324 g/mol. The van der Waals surface area contributed by atoms with Gasteiger partial charge in [0.1, 0.15) is 5.69 Å². The highest BCUT2D eigenvalue weighted by molar-refractivity contribution is 6.30. The van der Waals surface area contributed by atoms with Gasteiger partial charge in [-0.15, -0.1) is 0 Å². The standard InChI is InChI=1S/C18H21ClN4O/c1-12-10-14(19)6-7-15(12)21-18-20-13(2)11-16(22-18)17(24)23-8-4-3-5-9-23/h6-7,10-11H,3-5,8-9H2,1-2H3,(H,20,21,22). The Labute approximate surface area is 147 Å². The van der Waals surface area contributed by atoms with Crippen molar-refractivity contribution in [2.24, 2.45) is 0 Å². The third-order valence-corrected chi connectivity index (χ3v) is 4.39. The number of benzene rings is 1. The van der Waals surface area contributed by atoms with Crippen molar-refractivity contribution in [1.82, 2.24) is 14.9 Å². The van der Waals surface area contributed by atoms with Crippen LogP contribution in [0, 0.1) is 13.8 Å².